The average molecular weight is 489 g/mol. The summed E-state index contributed by atoms with van der Waals surface area (Å²) in [6.45, 7) is 0.262. The molecule has 10 heteroatoms. The molecule has 1 N–H and O–H groups in total. The van der Waals surface area contributed by atoms with E-state index in [1.807, 2.05) is 0 Å². The lowest BCUT2D eigenvalue weighted by atomic mass is 9.98. The monoisotopic (exact) mass is 489 g/mol. The summed E-state index contributed by atoms with van der Waals surface area (Å²) >= 11 is 0. The third-order valence-electron chi connectivity index (χ3n) is 6.05. The highest BCUT2D eigenvalue weighted by molar-refractivity contribution is 5.68. The van der Waals surface area contributed by atoms with Gasteiger partial charge in [-0.3, -0.25) is 9.78 Å². The van der Waals surface area contributed by atoms with E-state index in [2.05, 4.69) is 4.98 Å². The van der Waals surface area contributed by atoms with Crippen LogP contribution >= 0.6 is 0 Å². The maximum absolute atomic E-state index is 14.8. The van der Waals surface area contributed by atoms with Gasteiger partial charge in [0.25, 0.3) is 0 Å². The summed E-state index contributed by atoms with van der Waals surface area (Å²) < 4.78 is 71.1. The molecule has 0 spiro atoms. The lowest BCUT2D eigenvalue weighted by Crippen LogP contribution is -2.08. The Hall–Kier alpha value is -3.82. The number of halogens is 4. The molecule has 0 unspecified atom stereocenters. The first-order valence-corrected chi connectivity index (χ1v) is 10.9. The molecule has 0 saturated carbocycles. The van der Waals surface area contributed by atoms with E-state index in [9.17, 15) is 22.4 Å². The minimum absolute atomic E-state index is 0.0425. The van der Waals surface area contributed by atoms with Crippen molar-refractivity contribution in [2.24, 2.45) is 0 Å². The molecule has 0 fully saturated rings. The van der Waals surface area contributed by atoms with Crippen LogP contribution in [0, 0.1) is 5.82 Å². The van der Waals surface area contributed by atoms with Crippen molar-refractivity contribution in [2.45, 2.75) is 37.5 Å². The van der Waals surface area contributed by atoms with E-state index in [1.165, 1.54) is 18.2 Å². The Morgan fingerprint density at radius 2 is 1.97 bits per heavy atom. The number of carboxylic acids is 1. The van der Waals surface area contributed by atoms with E-state index in [-0.39, 0.29) is 36.0 Å². The van der Waals surface area contributed by atoms with Crippen molar-refractivity contribution in [1.29, 1.82) is 0 Å². The second-order valence-corrected chi connectivity index (χ2v) is 8.36. The molecule has 6 nitrogen and oxygen atoms in total. The van der Waals surface area contributed by atoms with Gasteiger partial charge in [-0.05, 0) is 37.1 Å². The van der Waals surface area contributed by atoms with Gasteiger partial charge in [-0.1, -0.05) is 6.07 Å². The van der Waals surface area contributed by atoms with Gasteiger partial charge < -0.3 is 19.3 Å². The van der Waals surface area contributed by atoms with E-state index in [0.717, 1.165) is 17.8 Å². The van der Waals surface area contributed by atoms with Crippen LogP contribution in [0.5, 0.6) is 23.0 Å². The second-order valence-electron chi connectivity index (χ2n) is 8.36. The van der Waals surface area contributed by atoms with E-state index >= 15 is 0 Å². The van der Waals surface area contributed by atoms with E-state index in [4.69, 9.17) is 19.3 Å². The summed E-state index contributed by atoms with van der Waals surface area (Å²) in [5.74, 6) is -0.497. The molecule has 182 valence electrons. The molecule has 1 aliphatic carbocycles. The van der Waals surface area contributed by atoms with Crippen molar-refractivity contribution < 1.29 is 41.7 Å². The molecular weight excluding hydrogens is 470 g/mol. The normalized spacial score (nSPS) is 18.5. The number of hydrogen-bond acceptors (Lipinski definition) is 5. The topological polar surface area (TPSA) is 77.9 Å². The van der Waals surface area contributed by atoms with Crippen LogP contribution < -0.4 is 14.2 Å². The Labute approximate surface area is 197 Å². The van der Waals surface area contributed by atoms with Crippen molar-refractivity contribution in [3.63, 3.8) is 0 Å². The van der Waals surface area contributed by atoms with Gasteiger partial charge in [-0.15, -0.1) is 0 Å². The first-order chi connectivity index (χ1) is 16.7. The molecule has 1 aliphatic heterocycles. The number of aromatic nitrogens is 1. The number of aliphatic carboxylic acids is 1. The lowest BCUT2D eigenvalue weighted by molar-refractivity contribution is -0.141. The quantitative estimate of drug-likeness (QED) is 0.425. The Balaban J connectivity index is 1.37. The van der Waals surface area contributed by atoms with E-state index in [0.29, 0.717) is 29.9 Å². The van der Waals surface area contributed by atoms with Gasteiger partial charge in [-0.25, -0.2) is 4.39 Å². The molecular formula is C25H19F4NO5. The molecule has 0 saturated heterocycles. The number of pyridine rings is 1. The van der Waals surface area contributed by atoms with Crippen molar-refractivity contribution in [1.82, 2.24) is 4.98 Å². The Morgan fingerprint density at radius 3 is 2.74 bits per heavy atom. The first kappa shape index (κ1) is 22.9. The van der Waals surface area contributed by atoms with Gasteiger partial charge >= 0.3 is 12.1 Å². The zero-order valence-electron chi connectivity index (χ0n) is 18.1. The van der Waals surface area contributed by atoms with Gasteiger partial charge in [0, 0.05) is 40.9 Å². The maximum Gasteiger partial charge on any atom is 0.433 e. The number of carboxylic acid groups (broad SMARTS) is 1. The largest absolute Gasteiger partial charge is 0.492 e. The standard InChI is InChI=1S/C25H19F4NO5/c26-18-4-6-19(34-15-7-8-30-22(11-15)25(27,28)29)17-3-5-20(24(17)18)35-14-1-2-16-13(9-23(31)32)12-33-21(16)10-14/h1-2,4,6-8,10-11,13,20H,3,5,9,12H2,(H,31,32)/t13-,20-/m1/s1. The zero-order chi connectivity index (χ0) is 24.7. The van der Waals surface area contributed by atoms with Crippen molar-refractivity contribution >= 4 is 5.97 Å². The predicted octanol–water partition coefficient (Wildman–Crippen LogP) is 6.05. The highest BCUT2D eigenvalue weighted by Gasteiger charge is 2.34. The van der Waals surface area contributed by atoms with Crippen LogP contribution in [0.4, 0.5) is 17.6 Å². The number of benzene rings is 2. The van der Waals surface area contributed by atoms with Crippen molar-refractivity contribution in [3.05, 3.63) is 76.9 Å². The molecule has 1 aromatic heterocycles. The number of rotatable bonds is 6. The van der Waals surface area contributed by atoms with Crippen molar-refractivity contribution in [3.8, 4) is 23.0 Å². The predicted molar refractivity (Wildman–Crippen MR) is 114 cm³/mol. The number of alkyl halides is 3. The second kappa shape index (κ2) is 8.75. The minimum atomic E-state index is -4.61. The zero-order valence-corrected chi connectivity index (χ0v) is 18.1. The van der Waals surface area contributed by atoms with E-state index in [1.54, 1.807) is 18.2 Å². The minimum Gasteiger partial charge on any atom is -0.492 e. The fraction of sp³-hybridized carbons (Fsp3) is 0.280. The first-order valence-electron chi connectivity index (χ1n) is 10.9. The van der Waals surface area contributed by atoms with Crippen LogP contribution in [0.25, 0.3) is 0 Å². The number of hydrogen-bond donors (Lipinski definition) is 1. The van der Waals surface area contributed by atoms with Gasteiger partial charge in [0.05, 0.1) is 13.0 Å². The van der Waals surface area contributed by atoms with E-state index < -0.39 is 29.8 Å². The van der Waals surface area contributed by atoms with Gasteiger partial charge in [-0.2, -0.15) is 13.2 Å². The summed E-state index contributed by atoms with van der Waals surface area (Å²) in [4.78, 5) is 14.4. The van der Waals surface area contributed by atoms with Crippen LogP contribution in [-0.4, -0.2) is 22.7 Å². The van der Waals surface area contributed by atoms with Gasteiger partial charge in [0.15, 0.2) is 0 Å². The van der Waals surface area contributed by atoms with Gasteiger partial charge in [0.2, 0.25) is 0 Å². The summed E-state index contributed by atoms with van der Waals surface area (Å²) in [6, 6.07) is 9.77. The molecule has 0 bridgehead atoms. The summed E-state index contributed by atoms with van der Waals surface area (Å²) in [5, 5.41) is 9.05. The summed E-state index contributed by atoms with van der Waals surface area (Å²) in [5.41, 5.74) is 0.514. The molecule has 2 aromatic carbocycles. The smallest absolute Gasteiger partial charge is 0.433 e. The summed E-state index contributed by atoms with van der Waals surface area (Å²) in [6.07, 6.45) is -3.44. The third-order valence-corrected chi connectivity index (χ3v) is 6.05. The Morgan fingerprint density at radius 1 is 1.14 bits per heavy atom. The Kier molecular flexibility index (Phi) is 5.74. The SMILES string of the molecule is O=C(O)C[C@@H]1COc2cc(O[C@@H]3CCc4c(Oc5ccnc(C(F)(F)F)c5)ccc(F)c43)ccc21. The molecule has 35 heavy (non-hydrogen) atoms. The number of fused-ring (bicyclic) bond motifs is 2. The fourth-order valence-electron chi connectivity index (χ4n) is 4.49. The van der Waals surface area contributed by atoms with Crippen LogP contribution in [0.3, 0.4) is 0 Å². The van der Waals surface area contributed by atoms with Gasteiger partial charge in [0.1, 0.15) is 40.6 Å². The van der Waals surface area contributed by atoms with Crippen molar-refractivity contribution in [2.75, 3.05) is 6.61 Å². The Bertz CT molecular complexity index is 1290. The molecule has 2 atom stereocenters. The number of nitrogens with zero attached hydrogens (tertiary/aromatic N) is 1. The summed E-state index contributed by atoms with van der Waals surface area (Å²) in [7, 11) is 0. The highest BCUT2D eigenvalue weighted by Crippen LogP contribution is 2.44. The number of ether oxygens (including phenoxy) is 3. The molecule has 2 heterocycles. The van der Waals surface area contributed by atoms with Crippen LogP contribution in [0.2, 0.25) is 0 Å². The van der Waals surface area contributed by atoms with Crippen LogP contribution in [0.15, 0.2) is 48.7 Å². The van der Waals surface area contributed by atoms with Crippen LogP contribution in [-0.2, 0) is 17.4 Å². The molecule has 0 amide bonds. The molecule has 3 aromatic rings. The molecule has 5 rings (SSSR count). The third kappa shape index (κ3) is 4.60. The highest BCUT2D eigenvalue weighted by atomic mass is 19.4. The van der Waals surface area contributed by atoms with Crippen LogP contribution in [0.1, 0.15) is 47.2 Å². The lowest BCUT2D eigenvalue weighted by Gasteiger charge is -2.17. The average Bonchev–Trinajstić information content (AvgIpc) is 3.40. The molecule has 0 radical (unpaired) electrons. The number of carbonyl (C=O) groups is 1. The molecule has 2 aliphatic rings. The maximum atomic E-state index is 14.8. The fourth-order valence-corrected chi connectivity index (χ4v) is 4.49.